The van der Waals surface area contributed by atoms with Crippen LogP contribution in [0.4, 0.5) is 4.39 Å². The zero-order chi connectivity index (χ0) is 21.9. The van der Waals surface area contributed by atoms with Crippen LogP contribution in [0.1, 0.15) is 102 Å². The number of unbranched alkanes of at least 4 members (excludes halogenated alkanes) is 4. The average Bonchev–Trinajstić information content (AvgIpc) is 2.81. The van der Waals surface area contributed by atoms with Crippen LogP contribution < -0.4 is 0 Å². The van der Waals surface area contributed by atoms with Crippen LogP contribution in [0.5, 0.6) is 0 Å². The fourth-order valence-corrected chi connectivity index (χ4v) is 4.94. The van der Waals surface area contributed by atoms with Crippen molar-refractivity contribution in [2.75, 3.05) is 0 Å². The van der Waals surface area contributed by atoms with E-state index in [1.807, 2.05) is 24.3 Å². The van der Waals surface area contributed by atoms with E-state index in [1.165, 1.54) is 57.8 Å². The SMILES string of the molecule is CCCCCCC1CCC(CCc2ccc(-c3ccc(CCCC)nn3)cc2F)CC1. The minimum atomic E-state index is -0.0982. The number of rotatable bonds is 12. The molecule has 0 radical (unpaired) electrons. The van der Waals surface area contributed by atoms with Crippen LogP contribution in [0.3, 0.4) is 0 Å². The molecule has 0 bridgehead atoms. The summed E-state index contributed by atoms with van der Waals surface area (Å²) in [6.45, 7) is 4.45. The highest BCUT2D eigenvalue weighted by atomic mass is 19.1. The van der Waals surface area contributed by atoms with Crippen molar-refractivity contribution < 1.29 is 4.39 Å². The Morgan fingerprint density at radius 2 is 1.52 bits per heavy atom. The van der Waals surface area contributed by atoms with Gasteiger partial charge in [0.2, 0.25) is 0 Å². The second-order valence-electron chi connectivity index (χ2n) is 9.59. The maximum absolute atomic E-state index is 14.8. The summed E-state index contributed by atoms with van der Waals surface area (Å²) in [5.41, 5.74) is 3.43. The Hall–Kier alpha value is -1.77. The molecule has 0 atom stereocenters. The summed E-state index contributed by atoms with van der Waals surface area (Å²) in [7, 11) is 0. The van der Waals surface area contributed by atoms with Crippen molar-refractivity contribution in [3.8, 4) is 11.3 Å². The highest BCUT2D eigenvalue weighted by Gasteiger charge is 2.21. The van der Waals surface area contributed by atoms with Gasteiger partial charge < -0.3 is 0 Å². The van der Waals surface area contributed by atoms with E-state index < -0.39 is 0 Å². The number of nitrogens with zero attached hydrogens (tertiary/aromatic N) is 2. The molecule has 1 aliphatic carbocycles. The predicted molar refractivity (Wildman–Crippen MR) is 129 cm³/mol. The van der Waals surface area contributed by atoms with Crippen LogP contribution in [0, 0.1) is 17.7 Å². The van der Waals surface area contributed by atoms with Crippen LogP contribution in [0.25, 0.3) is 11.3 Å². The van der Waals surface area contributed by atoms with Gasteiger partial charge in [0, 0.05) is 5.56 Å². The normalized spacial score (nSPS) is 18.9. The molecule has 1 fully saturated rings. The lowest BCUT2D eigenvalue weighted by atomic mass is 9.77. The van der Waals surface area contributed by atoms with Gasteiger partial charge in [-0.15, -0.1) is 0 Å². The van der Waals surface area contributed by atoms with E-state index >= 15 is 0 Å². The third-order valence-electron chi connectivity index (χ3n) is 7.11. The molecule has 0 aliphatic heterocycles. The van der Waals surface area contributed by atoms with Gasteiger partial charge in [-0.25, -0.2) is 4.39 Å². The minimum absolute atomic E-state index is 0.0982. The Labute approximate surface area is 189 Å². The summed E-state index contributed by atoms with van der Waals surface area (Å²) < 4.78 is 14.8. The van der Waals surface area contributed by atoms with Crippen molar-refractivity contribution in [2.45, 2.75) is 104 Å². The van der Waals surface area contributed by atoms with E-state index in [0.29, 0.717) is 0 Å². The summed E-state index contributed by atoms with van der Waals surface area (Å²) in [6.07, 6.45) is 17.6. The largest absolute Gasteiger partial charge is 0.207 e. The molecule has 170 valence electrons. The molecule has 1 saturated carbocycles. The molecule has 1 aromatic carbocycles. The first kappa shape index (κ1) is 23.9. The molecule has 1 heterocycles. The number of benzene rings is 1. The summed E-state index contributed by atoms with van der Waals surface area (Å²) >= 11 is 0. The van der Waals surface area contributed by atoms with Crippen molar-refractivity contribution in [2.24, 2.45) is 11.8 Å². The molecule has 1 aliphatic rings. The minimum Gasteiger partial charge on any atom is -0.207 e. The maximum Gasteiger partial charge on any atom is 0.127 e. The quantitative estimate of drug-likeness (QED) is 0.320. The third-order valence-corrected chi connectivity index (χ3v) is 7.11. The van der Waals surface area contributed by atoms with E-state index in [4.69, 9.17) is 0 Å². The lowest BCUT2D eigenvalue weighted by Gasteiger charge is -2.28. The van der Waals surface area contributed by atoms with E-state index in [-0.39, 0.29) is 5.82 Å². The van der Waals surface area contributed by atoms with Crippen molar-refractivity contribution in [1.82, 2.24) is 10.2 Å². The molecule has 0 amide bonds. The molecular weight excluding hydrogens is 383 g/mol. The molecule has 2 aromatic rings. The summed E-state index contributed by atoms with van der Waals surface area (Å²) in [5.74, 6) is 1.62. The third kappa shape index (κ3) is 7.70. The van der Waals surface area contributed by atoms with Gasteiger partial charge in [-0.2, -0.15) is 10.2 Å². The second-order valence-corrected chi connectivity index (χ2v) is 9.59. The van der Waals surface area contributed by atoms with Gasteiger partial charge in [0.15, 0.2) is 0 Å². The Bertz CT molecular complexity index is 763. The Morgan fingerprint density at radius 1 is 0.774 bits per heavy atom. The standard InChI is InChI=1S/C28H41FN2/c1-3-5-7-8-9-22-11-13-23(14-12-22)15-16-24-17-18-25(21-27(24)29)28-20-19-26(30-31-28)10-6-4-2/h17-23H,3-16H2,1-2H3. The Morgan fingerprint density at radius 3 is 2.16 bits per heavy atom. The Balaban J connectivity index is 1.45. The van der Waals surface area contributed by atoms with Crippen LogP contribution in [-0.4, -0.2) is 10.2 Å². The molecule has 31 heavy (non-hydrogen) atoms. The van der Waals surface area contributed by atoms with Crippen LogP contribution in [-0.2, 0) is 12.8 Å². The predicted octanol–water partition coefficient (Wildman–Crippen LogP) is 8.33. The van der Waals surface area contributed by atoms with Gasteiger partial charge in [0.05, 0.1) is 11.4 Å². The molecule has 0 unspecified atom stereocenters. The average molecular weight is 425 g/mol. The van der Waals surface area contributed by atoms with Crippen molar-refractivity contribution in [3.63, 3.8) is 0 Å². The van der Waals surface area contributed by atoms with Crippen molar-refractivity contribution in [3.05, 3.63) is 47.4 Å². The zero-order valence-electron chi connectivity index (χ0n) is 19.7. The molecule has 0 N–H and O–H groups in total. The van der Waals surface area contributed by atoms with Gasteiger partial charge >= 0.3 is 0 Å². The first-order chi connectivity index (χ1) is 15.2. The van der Waals surface area contributed by atoms with Gasteiger partial charge in [0.25, 0.3) is 0 Å². The van der Waals surface area contributed by atoms with Gasteiger partial charge in [0.1, 0.15) is 5.82 Å². The fraction of sp³-hybridized carbons (Fsp3) is 0.643. The van der Waals surface area contributed by atoms with Crippen molar-refractivity contribution >= 4 is 0 Å². The van der Waals surface area contributed by atoms with Gasteiger partial charge in [-0.3, -0.25) is 0 Å². The number of halogens is 1. The Kier molecular flexibility index (Phi) is 9.96. The molecule has 0 spiro atoms. The first-order valence-electron chi connectivity index (χ1n) is 12.8. The summed E-state index contributed by atoms with van der Waals surface area (Å²) in [5, 5.41) is 8.62. The van der Waals surface area contributed by atoms with Crippen LogP contribution in [0.15, 0.2) is 30.3 Å². The molecule has 3 rings (SSSR count). The smallest absolute Gasteiger partial charge is 0.127 e. The van der Waals surface area contributed by atoms with Crippen LogP contribution >= 0.6 is 0 Å². The van der Waals surface area contributed by atoms with E-state index in [1.54, 1.807) is 6.07 Å². The first-order valence-corrected chi connectivity index (χ1v) is 12.8. The number of hydrogen-bond acceptors (Lipinski definition) is 2. The van der Waals surface area contributed by atoms with E-state index in [2.05, 4.69) is 24.0 Å². The molecular formula is C28H41FN2. The van der Waals surface area contributed by atoms with Crippen molar-refractivity contribution in [1.29, 1.82) is 0 Å². The molecule has 2 nitrogen and oxygen atoms in total. The van der Waals surface area contributed by atoms with Gasteiger partial charge in [-0.1, -0.05) is 90.2 Å². The number of aromatic nitrogens is 2. The monoisotopic (exact) mass is 424 g/mol. The van der Waals surface area contributed by atoms with Crippen LogP contribution in [0.2, 0.25) is 0 Å². The second kappa shape index (κ2) is 12.9. The summed E-state index contributed by atoms with van der Waals surface area (Å²) in [4.78, 5) is 0. The highest BCUT2D eigenvalue weighted by Crippen LogP contribution is 2.34. The lowest BCUT2D eigenvalue weighted by Crippen LogP contribution is -2.15. The highest BCUT2D eigenvalue weighted by molar-refractivity contribution is 5.59. The summed E-state index contributed by atoms with van der Waals surface area (Å²) in [6, 6.07) is 9.58. The number of aryl methyl sites for hydroxylation is 2. The maximum atomic E-state index is 14.8. The molecule has 1 aromatic heterocycles. The van der Waals surface area contributed by atoms with Gasteiger partial charge in [-0.05, 0) is 61.3 Å². The zero-order valence-corrected chi connectivity index (χ0v) is 19.7. The molecule has 3 heteroatoms. The fourth-order valence-electron chi connectivity index (χ4n) is 4.94. The van der Waals surface area contributed by atoms with E-state index in [9.17, 15) is 4.39 Å². The molecule has 0 saturated heterocycles. The lowest BCUT2D eigenvalue weighted by molar-refractivity contribution is 0.248. The topological polar surface area (TPSA) is 25.8 Å². The number of hydrogen-bond donors (Lipinski definition) is 0. The van der Waals surface area contributed by atoms with E-state index in [0.717, 1.165) is 66.5 Å².